The van der Waals surface area contributed by atoms with E-state index in [0.29, 0.717) is 12.5 Å². The predicted octanol–water partition coefficient (Wildman–Crippen LogP) is 2.39. The van der Waals surface area contributed by atoms with Crippen LogP contribution in [0.4, 0.5) is 0 Å². The molecule has 1 rings (SSSR count). The van der Waals surface area contributed by atoms with Crippen LogP contribution in [0.1, 0.15) is 27.2 Å². The molecule has 1 nitrogen and oxygen atoms in total. The third kappa shape index (κ3) is 2.40. The van der Waals surface area contributed by atoms with Gasteiger partial charge in [-0.2, -0.15) is 11.8 Å². The SMILES string of the molecule is CC(C)(C)C(CO)C1CCSC1. The molecule has 72 valence electrons. The van der Waals surface area contributed by atoms with Crippen molar-refractivity contribution in [3.63, 3.8) is 0 Å². The Hall–Kier alpha value is 0.310. The largest absolute Gasteiger partial charge is 0.396 e. The topological polar surface area (TPSA) is 20.2 Å². The molecular formula is C10H20OS. The first-order valence-electron chi connectivity index (χ1n) is 4.74. The maximum absolute atomic E-state index is 9.31. The van der Waals surface area contributed by atoms with Gasteiger partial charge in [-0.3, -0.25) is 0 Å². The molecule has 0 saturated carbocycles. The smallest absolute Gasteiger partial charge is 0.0467 e. The summed E-state index contributed by atoms with van der Waals surface area (Å²) in [6, 6.07) is 0. The highest BCUT2D eigenvalue weighted by atomic mass is 32.2. The van der Waals surface area contributed by atoms with Crippen molar-refractivity contribution in [2.75, 3.05) is 18.1 Å². The van der Waals surface area contributed by atoms with E-state index in [-0.39, 0.29) is 5.41 Å². The predicted molar refractivity (Wildman–Crippen MR) is 55.5 cm³/mol. The molecule has 1 N–H and O–H groups in total. The Balaban J connectivity index is 2.54. The lowest BCUT2D eigenvalue weighted by Gasteiger charge is -2.33. The van der Waals surface area contributed by atoms with Crippen molar-refractivity contribution in [3.8, 4) is 0 Å². The second-order valence-electron chi connectivity index (χ2n) is 4.78. The quantitative estimate of drug-likeness (QED) is 0.718. The molecule has 2 atom stereocenters. The van der Waals surface area contributed by atoms with Crippen LogP contribution < -0.4 is 0 Å². The summed E-state index contributed by atoms with van der Waals surface area (Å²) in [6.45, 7) is 7.05. The number of hydrogen-bond donors (Lipinski definition) is 1. The van der Waals surface area contributed by atoms with E-state index in [2.05, 4.69) is 20.8 Å². The average Bonchev–Trinajstić information content (AvgIpc) is 2.38. The molecule has 1 aliphatic heterocycles. The third-order valence-electron chi connectivity index (χ3n) is 2.84. The molecule has 0 aromatic rings. The minimum Gasteiger partial charge on any atom is -0.396 e. The van der Waals surface area contributed by atoms with Crippen LogP contribution in [0.2, 0.25) is 0 Å². The number of aliphatic hydroxyl groups is 1. The number of aliphatic hydroxyl groups excluding tert-OH is 1. The van der Waals surface area contributed by atoms with E-state index in [9.17, 15) is 5.11 Å². The molecule has 0 radical (unpaired) electrons. The molecule has 0 bridgehead atoms. The van der Waals surface area contributed by atoms with Crippen molar-refractivity contribution in [1.29, 1.82) is 0 Å². The highest BCUT2D eigenvalue weighted by Crippen LogP contribution is 2.39. The zero-order valence-electron chi connectivity index (χ0n) is 8.34. The summed E-state index contributed by atoms with van der Waals surface area (Å²) < 4.78 is 0. The van der Waals surface area contributed by atoms with Crippen molar-refractivity contribution in [2.45, 2.75) is 27.2 Å². The van der Waals surface area contributed by atoms with Gasteiger partial charge in [0.1, 0.15) is 0 Å². The molecule has 2 unspecified atom stereocenters. The molecule has 2 heteroatoms. The van der Waals surface area contributed by atoms with E-state index in [1.54, 1.807) is 0 Å². The zero-order valence-corrected chi connectivity index (χ0v) is 9.16. The average molecular weight is 188 g/mol. The normalized spacial score (nSPS) is 27.5. The van der Waals surface area contributed by atoms with Crippen molar-refractivity contribution in [2.24, 2.45) is 17.3 Å². The molecule has 0 amide bonds. The second-order valence-corrected chi connectivity index (χ2v) is 5.93. The molecule has 0 aromatic carbocycles. The van der Waals surface area contributed by atoms with E-state index in [4.69, 9.17) is 0 Å². The van der Waals surface area contributed by atoms with Crippen LogP contribution in [0.15, 0.2) is 0 Å². The van der Waals surface area contributed by atoms with Crippen molar-refractivity contribution >= 4 is 11.8 Å². The van der Waals surface area contributed by atoms with Crippen LogP contribution >= 0.6 is 11.8 Å². The highest BCUT2D eigenvalue weighted by Gasteiger charge is 2.33. The summed E-state index contributed by atoms with van der Waals surface area (Å²) in [5.41, 5.74) is 0.268. The summed E-state index contributed by atoms with van der Waals surface area (Å²) in [5, 5.41) is 9.31. The van der Waals surface area contributed by atoms with E-state index >= 15 is 0 Å². The molecule has 1 saturated heterocycles. The highest BCUT2D eigenvalue weighted by molar-refractivity contribution is 7.99. The van der Waals surface area contributed by atoms with Crippen molar-refractivity contribution in [1.82, 2.24) is 0 Å². The van der Waals surface area contributed by atoms with Crippen molar-refractivity contribution < 1.29 is 5.11 Å². The van der Waals surface area contributed by atoms with Crippen LogP contribution in [0.3, 0.4) is 0 Å². The Labute approximate surface area is 79.9 Å². The van der Waals surface area contributed by atoms with Crippen LogP contribution in [-0.4, -0.2) is 23.2 Å². The monoisotopic (exact) mass is 188 g/mol. The Bertz CT molecular complexity index is 133. The number of thioether (sulfide) groups is 1. The van der Waals surface area contributed by atoms with Gasteiger partial charge >= 0.3 is 0 Å². The molecule has 0 aromatic heterocycles. The first-order valence-corrected chi connectivity index (χ1v) is 5.90. The van der Waals surface area contributed by atoms with Gasteiger partial charge in [-0.05, 0) is 35.2 Å². The van der Waals surface area contributed by atoms with Gasteiger partial charge in [0.05, 0.1) is 0 Å². The van der Waals surface area contributed by atoms with E-state index < -0.39 is 0 Å². The lowest BCUT2D eigenvalue weighted by atomic mass is 9.73. The number of rotatable bonds is 2. The Morgan fingerprint density at radius 1 is 1.50 bits per heavy atom. The maximum Gasteiger partial charge on any atom is 0.0467 e. The minimum atomic E-state index is 0.268. The maximum atomic E-state index is 9.31. The molecule has 0 aliphatic carbocycles. The van der Waals surface area contributed by atoms with Gasteiger partial charge in [0, 0.05) is 6.61 Å². The van der Waals surface area contributed by atoms with Gasteiger partial charge in [-0.1, -0.05) is 20.8 Å². The fraction of sp³-hybridized carbons (Fsp3) is 1.00. The first kappa shape index (κ1) is 10.4. The lowest BCUT2D eigenvalue weighted by molar-refractivity contribution is 0.0881. The summed E-state index contributed by atoms with van der Waals surface area (Å²) in [5.74, 6) is 3.78. The van der Waals surface area contributed by atoms with Gasteiger partial charge in [0.15, 0.2) is 0 Å². The molecule has 1 aliphatic rings. The molecule has 12 heavy (non-hydrogen) atoms. The second kappa shape index (κ2) is 4.01. The van der Waals surface area contributed by atoms with Gasteiger partial charge in [0.25, 0.3) is 0 Å². The summed E-state index contributed by atoms with van der Waals surface area (Å²) in [6.07, 6.45) is 1.30. The van der Waals surface area contributed by atoms with Gasteiger partial charge in [-0.25, -0.2) is 0 Å². The van der Waals surface area contributed by atoms with Crippen LogP contribution in [0.25, 0.3) is 0 Å². The van der Waals surface area contributed by atoms with E-state index in [1.807, 2.05) is 11.8 Å². The van der Waals surface area contributed by atoms with Gasteiger partial charge in [0.2, 0.25) is 0 Å². The van der Waals surface area contributed by atoms with E-state index in [1.165, 1.54) is 17.9 Å². The standard InChI is InChI=1S/C10H20OS/c1-10(2,3)9(6-11)8-4-5-12-7-8/h8-9,11H,4-7H2,1-3H3. The number of hydrogen-bond acceptors (Lipinski definition) is 2. The Morgan fingerprint density at radius 2 is 2.17 bits per heavy atom. The summed E-state index contributed by atoms with van der Waals surface area (Å²) in [7, 11) is 0. The van der Waals surface area contributed by atoms with Crippen LogP contribution in [0.5, 0.6) is 0 Å². The third-order valence-corrected chi connectivity index (χ3v) is 4.03. The van der Waals surface area contributed by atoms with E-state index in [0.717, 1.165) is 5.92 Å². The fourth-order valence-electron chi connectivity index (χ4n) is 2.00. The molecule has 1 heterocycles. The lowest BCUT2D eigenvalue weighted by Crippen LogP contribution is -2.31. The molecule has 0 spiro atoms. The Kier molecular flexibility index (Phi) is 3.47. The Morgan fingerprint density at radius 3 is 2.50 bits per heavy atom. The zero-order chi connectivity index (χ0) is 9.19. The molecular weight excluding hydrogens is 168 g/mol. The molecule has 1 fully saturated rings. The van der Waals surface area contributed by atoms with Crippen LogP contribution in [-0.2, 0) is 0 Å². The van der Waals surface area contributed by atoms with Crippen LogP contribution in [0, 0.1) is 17.3 Å². The summed E-state index contributed by atoms with van der Waals surface area (Å²) in [4.78, 5) is 0. The van der Waals surface area contributed by atoms with Gasteiger partial charge in [-0.15, -0.1) is 0 Å². The van der Waals surface area contributed by atoms with Gasteiger partial charge < -0.3 is 5.11 Å². The van der Waals surface area contributed by atoms with Crippen molar-refractivity contribution in [3.05, 3.63) is 0 Å². The summed E-state index contributed by atoms with van der Waals surface area (Å²) >= 11 is 2.03. The first-order chi connectivity index (χ1) is 5.55. The fourth-order valence-corrected chi connectivity index (χ4v) is 3.34. The minimum absolute atomic E-state index is 0.268.